The van der Waals surface area contributed by atoms with E-state index in [0.29, 0.717) is 0 Å². The summed E-state index contributed by atoms with van der Waals surface area (Å²) in [5.41, 5.74) is 0. The van der Waals surface area contributed by atoms with Crippen LogP contribution in [0, 0.1) is 39.9 Å². The summed E-state index contributed by atoms with van der Waals surface area (Å²) in [6.07, 6.45) is 33.2. The average molecular weight is 1230 g/mol. The quantitative estimate of drug-likeness (QED) is 0.0348. The average Bonchev–Trinajstić information content (AvgIpc) is 3.34. The molecule has 0 fully saturated rings. The van der Waals surface area contributed by atoms with Gasteiger partial charge in [-0.2, -0.15) is 31.0 Å². The fraction of sp³-hybridized carbons (Fsp3) is 0.889. The van der Waals surface area contributed by atoms with E-state index in [2.05, 4.69) is 156 Å². The Morgan fingerprint density at radius 2 is 0.271 bits per heavy atom. The summed E-state index contributed by atoms with van der Waals surface area (Å²) in [6.45, 7) is 45.1. The van der Waals surface area contributed by atoms with Crippen molar-refractivity contribution >= 4 is 104 Å². The molecule has 0 heterocycles. The van der Waals surface area contributed by atoms with E-state index in [0.717, 1.165) is 0 Å². The van der Waals surface area contributed by atoms with Crippen LogP contribution in [0.15, 0.2) is 0 Å². The smallest absolute Gasteiger partial charge is 0.753 e. The summed E-state index contributed by atoms with van der Waals surface area (Å²) in [7, 11) is 0. The summed E-state index contributed by atoms with van der Waals surface area (Å²) in [6, 6.07) is 0. The summed E-state index contributed by atoms with van der Waals surface area (Å²) in [5, 5.41) is 50.8. The van der Waals surface area contributed by atoms with E-state index < -0.39 is 0 Å². The maximum atomic E-state index is 7.13. The molecular weight excluding hydrogens is 1120 g/mol. The van der Waals surface area contributed by atoms with E-state index in [9.17, 15) is 0 Å². The molecule has 0 aromatic rings. The van der Waals surface area contributed by atoms with Crippen molar-refractivity contribution in [3.8, 4) is 0 Å². The Bertz CT molecular complexity index is 886. The zero-order valence-corrected chi connectivity index (χ0v) is 54.5. The summed E-state index contributed by atoms with van der Waals surface area (Å²) < 4.78 is 4.26. The zero-order chi connectivity index (χ0) is 55.2. The minimum absolute atomic E-state index is 0. The second-order valence-electron chi connectivity index (χ2n) is 17.5. The minimum Gasteiger partial charge on any atom is -0.753 e. The molecule has 0 saturated carbocycles. The molecule has 0 aromatic carbocycles. The zero-order valence-electron chi connectivity index (χ0n) is 47.3. The van der Waals surface area contributed by atoms with Crippen LogP contribution in [0.4, 0.5) is 0 Å². The van der Waals surface area contributed by atoms with Gasteiger partial charge in [-0.25, -0.2) is 0 Å². The van der Waals surface area contributed by atoms with E-state index in [1.54, 1.807) is 0 Å². The molecule has 0 aromatic heterocycles. The number of hydrogen-bond donors (Lipinski definition) is 0. The molecule has 0 bridgehead atoms. The van der Waals surface area contributed by atoms with Crippen molar-refractivity contribution in [3.05, 3.63) is 32.5 Å². The summed E-state index contributed by atoms with van der Waals surface area (Å²) in [5.74, 6) is 0. The largest absolute Gasteiger partial charge is 3.00 e. The molecule has 70 heavy (non-hydrogen) atoms. The Morgan fingerprint density at radius 1 is 0.214 bits per heavy atom. The molecule has 0 aliphatic heterocycles. The van der Waals surface area contributed by atoms with Crippen LogP contribution in [0.25, 0.3) is 32.5 Å². The van der Waals surface area contributed by atoms with E-state index in [1.165, 1.54) is 277 Å². The Hall–Kier alpha value is 0.00468. The molecule has 413 valence electrons. The number of nitrogens with zero attached hydrogens (tertiary/aromatic N) is 9. The van der Waals surface area contributed by atoms with Gasteiger partial charge in [0.1, 0.15) is 0 Å². The molecule has 0 saturated heterocycles. The monoisotopic (exact) mass is 1230 g/mol. The fourth-order valence-corrected chi connectivity index (χ4v) is 7.93. The van der Waals surface area contributed by atoms with Crippen molar-refractivity contribution in [1.29, 1.82) is 0 Å². The number of unbranched alkanes of at least 4 members (excludes halogenated alkanes) is 12. The molecule has 0 rings (SSSR count). The van der Waals surface area contributed by atoms with Crippen LogP contribution in [-0.2, 0) is 0 Å². The van der Waals surface area contributed by atoms with Gasteiger partial charge in [0.2, 0.25) is 0 Å². The molecule has 0 aliphatic rings. The molecule has 0 unspecified atom stereocenters. The van der Waals surface area contributed by atoms with E-state index in [1.807, 2.05) is 0 Å². The number of quaternary nitrogens is 3. The van der Waals surface area contributed by atoms with Crippen LogP contribution in [0.1, 0.15) is 237 Å². The van der Waals surface area contributed by atoms with Crippen molar-refractivity contribution in [2.45, 2.75) is 237 Å². The number of rotatable bonds is 36. The van der Waals surface area contributed by atoms with Crippen LogP contribution in [0.2, 0.25) is 0 Å². The van der Waals surface area contributed by atoms with E-state index >= 15 is 0 Å². The summed E-state index contributed by atoms with van der Waals surface area (Å²) in [4.78, 5) is 0. The van der Waals surface area contributed by atoms with Gasteiger partial charge in [0, 0.05) is 0 Å². The molecule has 1 radical (unpaired) electrons. The van der Waals surface area contributed by atoms with Crippen molar-refractivity contribution in [1.82, 2.24) is 0 Å². The maximum Gasteiger partial charge on any atom is 3.00 e. The SMILES string of the molecule is CCCC[N+](CCCC)(CCCC)CCCC.CCCC[N+](CCCC)(CCCC)CCCC.CCCC[N+](CCCC)(CCCC)CCCC.[Gd+3].[N-]=C=S.[N-]=C=S.[N-]=C=S.[N-]=C=S.[N-]=C=S.[N-]=C=S. The Balaban J connectivity index is -0.0000000814. The first-order valence-electron chi connectivity index (χ1n) is 26.8. The number of hydrogen-bond acceptors (Lipinski definition) is 6. The first kappa shape index (κ1) is 92.6. The van der Waals surface area contributed by atoms with Crippen molar-refractivity contribution < 1.29 is 53.4 Å². The first-order valence-corrected chi connectivity index (χ1v) is 29.3. The van der Waals surface area contributed by atoms with Gasteiger partial charge in [-0.15, -0.1) is 0 Å². The van der Waals surface area contributed by atoms with Gasteiger partial charge in [-0.3, -0.25) is 0 Å². The molecule has 16 heteroatoms. The Kier molecular flexibility index (Phi) is 117. The second kappa shape index (κ2) is 88.6. The van der Waals surface area contributed by atoms with Crippen molar-refractivity contribution in [3.63, 3.8) is 0 Å². The maximum absolute atomic E-state index is 7.13. The normalized spacial score (nSPS) is 9.43. The fourth-order valence-electron chi connectivity index (χ4n) is 7.93. The van der Waals surface area contributed by atoms with Crippen molar-refractivity contribution in [2.75, 3.05) is 78.5 Å². The van der Waals surface area contributed by atoms with Gasteiger partial charge in [0.25, 0.3) is 0 Å². The topological polar surface area (TPSA) is 134 Å². The van der Waals surface area contributed by atoms with Crippen molar-refractivity contribution in [2.24, 2.45) is 0 Å². The number of thiocarbonyl (C=S) groups is 6. The molecule has 0 aliphatic carbocycles. The van der Waals surface area contributed by atoms with Gasteiger partial charge in [-0.05, 0) is 77.0 Å². The van der Waals surface area contributed by atoms with Gasteiger partial charge in [0.15, 0.2) is 0 Å². The predicted octanol–water partition coefficient (Wildman–Crippen LogP) is 19.0. The van der Waals surface area contributed by atoms with Gasteiger partial charge in [-0.1, -0.05) is 233 Å². The van der Waals surface area contributed by atoms with Crippen LogP contribution in [0.3, 0.4) is 0 Å². The molecule has 0 N–H and O–H groups in total. The predicted molar refractivity (Wildman–Crippen MR) is 334 cm³/mol. The van der Waals surface area contributed by atoms with Crippen LogP contribution >= 0.6 is 73.3 Å². The third-order valence-corrected chi connectivity index (χ3v) is 11.8. The van der Waals surface area contributed by atoms with E-state index in [4.69, 9.17) is 32.5 Å². The summed E-state index contributed by atoms with van der Waals surface area (Å²) >= 11 is 22.2. The minimum atomic E-state index is 0. The molecular formula is C54H108GdN9S6. The van der Waals surface area contributed by atoms with Gasteiger partial charge < -0.3 is 45.9 Å². The molecule has 0 spiro atoms. The van der Waals surface area contributed by atoms with Crippen LogP contribution in [-0.4, -0.2) is 123 Å². The molecule has 9 nitrogen and oxygen atoms in total. The third-order valence-electron chi connectivity index (χ3n) is 11.8. The Labute approximate surface area is 500 Å². The van der Waals surface area contributed by atoms with E-state index in [-0.39, 0.29) is 39.9 Å². The van der Waals surface area contributed by atoms with Crippen LogP contribution < -0.4 is 0 Å². The third kappa shape index (κ3) is 84.8. The second-order valence-corrected chi connectivity index (χ2v) is 18.6. The Morgan fingerprint density at radius 3 is 0.314 bits per heavy atom. The molecule has 0 atom stereocenters. The molecule has 0 amide bonds. The number of isothiocyanates is 6. The first-order chi connectivity index (χ1) is 33.2. The standard InChI is InChI=1S/3C16H36N.6CNS.Gd/c3*1-5-9-13-17(14-10-6-2,15-11-7-3)16-12-8-4;6*2-1-3;/h3*5-16H2,1-4H3;;;;;;;/q3*+1;6*-1;+3. The van der Waals surface area contributed by atoms with Crippen LogP contribution in [0.5, 0.6) is 0 Å². The van der Waals surface area contributed by atoms with Gasteiger partial charge in [0.05, 0.1) is 78.5 Å². The van der Waals surface area contributed by atoms with Gasteiger partial charge >= 0.3 is 39.9 Å².